The molecule has 2 aromatic rings. The van der Waals surface area contributed by atoms with Gasteiger partial charge in [0.2, 0.25) is 5.91 Å². The van der Waals surface area contributed by atoms with Gasteiger partial charge in [-0.15, -0.1) is 0 Å². The summed E-state index contributed by atoms with van der Waals surface area (Å²) in [5.74, 6) is 0.0251. The van der Waals surface area contributed by atoms with E-state index in [0.717, 1.165) is 23.5 Å². The first kappa shape index (κ1) is 16.0. The summed E-state index contributed by atoms with van der Waals surface area (Å²) in [4.78, 5) is 12.0. The summed E-state index contributed by atoms with van der Waals surface area (Å²) in [5.41, 5.74) is 8.67. The van der Waals surface area contributed by atoms with Gasteiger partial charge in [-0.1, -0.05) is 38.5 Å². The molecule has 22 heavy (non-hydrogen) atoms. The molecule has 2 aromatic carbocycles. The fraction of sp³-hybridized carbons (Fsp3) is 0.278. The lowest BCUT2D eigenvalue weighted by Gasteiger charge is -2.17. The Labute approximate surface area is 131 Å². The first-order valence-corrected chi connectivity index (χ1v) is 7.58. The molecule has 4 N–H and O–H groups in total. The second-order valence-corrected chi connectivity index (χ2v) is 5.47. The molecule has 2 unspecified atom stereocenters. The number of rotatable bonds is 6. The predicted octanol–water partition coefficient (Wildman–Crippen LogP) is 3.74. The Kier molecular flexibility index (Phi) is 5.55. The van der Waals surface area contributed by atoms with E-state index in [1.54, 1.807) is 0 Å². The Morgan fingerprint density at radius 1 is 1.00 bits per heavy atom. The highest BCUT2D eigenvalue weighted by atomic mass is 16.2. The molecule has 116 valence electrons. The highest BCUT2D eigenvalue weighted by molar-refractivity contribution is 5.95. The summed E-state index contributed by atoms with van der Waals surface area (Å²) in [6, 6.07) is 17.0. The van der Waals surface area contributed by atoms with Gasteiger partial charge in [-0.25, -0.2) is 0 Å². The molecule has 0 heterocycles. The van der Waals surface area contributed by atoms with Crippen LogP contribution in [0.25, 0.3) is 0 Å². The highest BCUT2D eigenvalue weighted by Gasteiger charge is 2.19. The highest BCUT2D eigenvalue weighted by Crippen LogP contribution is 2.19. The molecule has 0 saturated carbocycles. The molecule has 0 aliphatic carbocycles. The molecule has 4 nitrogen and oxygen atoms in total. The topological polar surface area (TPSA) is 67.2 Å². The van der Waals surface area contributed by atoms with Crippen molar-refractivity contribution < 1.29 is 4.79 Å². The number of carbonyl (C=O) groups excluding carboxylic acids is 1. The van der Waals surface area contributed by atoms with Crippen molar-refractivity contribution in [3.05, 3.63) is 54.6 Å². The van der Waals surface area contributed by atoms with Crippen molar-refractivity contribution in [1.82, 2.24) is 0 Å². The number of hydrogen-bond acceptors (Lipinski definition) is 3. The number of amides is 1. The number of carbonyl (C=O) groups is 1. The molecule has 0 saturated heterocycles. The lowest BCUT2D eigenvalue weighted by atomic mass is 9.99. The van der Waals surface area contributed by atoms with Crippen LogP contribution in [-0.2, 0) is 4.79 Å². The third-order valence-electron chi connectivity index (χ3n) is 3.77. The number of nitrogens with two attached hydrogens (primary N) is 1. The first-order valence-electron chi connectivity index (χ1n) is 7.58. The van der Waals surface area contributed by atoms with Crippen molar-refractivity contribution in [3.63, 3.8) is 0 Å². The summed E-state index contributed by atoms with van der Waals surface area (Å²) in [6.45, 7) is 4.01. The van der Waals surface area contributed by atoms with E-state index in [1.165, 1.54) is 0 Å². The standard InChI is InChI=1S/C18H23N3O/c1-3-13(2)17(19)18(22)21-16-11-9-15(10-12-16)20-14-7-5-4-6-8-14/h4-13,17,20H,3,19H2,1-2H3,(H,21,22). The average Bonchev–Trinajstić information content (AvgIpc) is 2.56. The third-order valence-corrected chi connectivity index (χ3v) is 3.77. The Morgan fingerprint density at radius 2 is 1.55 bits per heavy atom. The maximum Gasteiger partial charge on any atom is 0.241 e. The summed E-state index contributed by atoms with van der Waals surface area (Å²) >= 11 is 0. The van der Waals surface area contributed by atoms with Gasteiger partial charge in [-0.2, -0.15) is 0 Å². The summed E-state index contributed by atoms with van der Waals surface area (Å²) in [6.07, 6.45) is 0.883. The van der Waals surface area contributed by atoms with Crippen LogP contribution in [0.15, 0.2) is 54.6 Å². The van der Waals surface area contributed by atoms with E-state index >= 15 is 0 Å². The number of anilines is 3. The van der Waals surface area contributed by atoms with Gasteiger partial charge in [0.05, 0.1) is 6.04 Å². The largest absolute Gasteiger partial charge is 0.356 e. The van der Waals surface area contributed by atoms with Gasteiger partial charge in [-0.05, 0) is 42.3 Å². The Balaban J connectivity index is 1.96. The molecule has 2 rings (SSSR count). The SMILES string of the molecule is CCC(C)C(N)C(=O)Nc1ccc(Nc2ccccc2)cc1. The smallest absolute Gasteiger partial charge is 0.241 e. The molecule has 1 amide bonds. The fourth-order valence-electron chi connectivity index (χ4n) is 2.06. The maximum absolute atomic E-state index is 12.0. The molecule has 0 bridgehead atoms. The van der Waals surface area contributed by atoms with Crippen LogP contribution in [0.5, 0.6) is 0 Å². The number of hydrogen-bond donors (Lipinski definition) is 3. The molecule has 0 fully saturated rings. The van der Waals surface area contributed by atoms with Crippen LogP contribution in [0.2, 0.25) is 0 Å². The lowest BCUT2D eigenvalue weighted by molar-refractivity contribution is -0.118. The van der Waals surface area contributed by atoms with Crippen molar-refractivity contribution in [3.8, 4) is 0 Å². The molecule has 0 aliphatic heterocycles. The van der Waals surface area contributed by atoms with Crippen molar-refractivity contribution in [2.75, 3.05) is 10.6 Å². The maximum atomic E-state index is 12.0. The molecule has 0 aromatic heterocycles. The average molecular weight is 297 g/mol. The second-order valence-electron chi connectivity index (χ2n) is 5.47. The van der Waals surface area contributed by atoms with Crippen molar-refractivity contribution in [2.45, 2.75) is 26.3 Å². The molecule has 0 aliphatic rings. The third kappa shape index (κ3) is 4.33. The summed E-state index contributed by atoms with van der Waals surface area (Å²) in [5, 5.41) is 6.15. The van der Waals surface area contributed by atoms with Crippen LogP contribution < -0.4 is 16.4 Å². The van der Waals surface area contributed by atoms with Crippen molar-refractivity contribution >= 4 is 23.0 Å². The van der Waals surface area contributed by atoms with Crippen LogP contribution in [0.4, 0.5) is 17.1 Å². The van der Waals surface area contributed by atoms with Crippen molar-refractivity contribution in [1.29, 1.82) is 0 Å². The van der Waals surface area contributed by atoms with Gasteiger partial charge in [0.15, 0.2) is 0 Å². The van der Waals surface area contributed by atoms with E-state index in [4.69, 9.17) is 5.73 Å². The van der Waals surface area contributed by atoms with E-state index in [2.05, 4.69) is 10.6 Å². The van der Waals surface area contributed by atoms with Crippen LogP contribution >= 0.6 is 0 Å². The van der Waals surface area contributed by atoms with Gasteiger partial charge in [0, 0.05) is 17.1 Å². The van der Waals surface area contributed by atoms with Gasteiger partial charge in [0.1, 0.15) is 0 Å². The zero-order valence-corrected chi connectivity index (χ0v) is 13.0. The second kappa shape index (κ2) is 7.61. The minimum Gasteiger partial charge on any atom is -0.356 e. The van der Waals surface area contributed by atoms with E-state index in [9.17, 15) is 4.79 Å². The minimum absolute atomic E-state index is 0.141. The summed E-state index contributed by atoms with van der Waals surface area (Å²) in [7, 11) is 0. The van der Waals surface area contributed by atoms with E-state index in [1.807, 2.05) is 68.4 Å². The molecule has 4 heteroatoms. The van der Waals surface area contributed by atoms with Crippen LogP contribution in [0.3, 0.4) is 0 Å². The van der Waals surface area contributed by atoms with Crippen LogP contribution in [0, 0.1) is 5.92 Å². The van der Waals surface area contributed by atoms with Gasteiger partial charge in [0.25, 0.3) is 0 Å². The predicted molar refractivity (Wildman–Crippen MR) is 92.2 cm³/mol. The normalized spacial score (nSPS) is 13.2. The van der Waals surface area contributed by atoms with Crippen LogP contribution in [-0.4, -0.2) is 11.9 Å². The molecule has 2 atom stereocenters. The fourth-order valence-corrected chi connectivity index (χ4v) is 2.06. The Bertz CT molecular complexity index is 595. The Hall–Kier alpha value is -2.33. The van der Waals surface area contributed by atoms with E-state index in [-0.39, 0.29) is 11.8 Å². The van der Waals surface area contributed by atoms with Crippen LogP contribution in [0.1, 0.15) is 20.3 Å². The molecule has 0 spiro atoms. The van der Waals surface area contributed by atoms with Crippen molar-refractivity contribution in [2.24, 2.45) is 11.7 Å². The van der Waals surface area contributed by atoms with Gasteiger partial charge >= 0.3 is 0 Å². The summed E-state index contributed by atoms with van der Waals surface area (Å²) < 4.78 is 0. The number of nitrogens with one attached hydrogen (secondary N) is 2. The zero-order chi connectivity index (χ0) is 15.9. The number of benzene rings is 2. The minimum atomic E-state index is -0.480. The molecular weight excluding hydrogens is 274 g/mol. The van der Waals surface area contributed by atoms with Gasteiger partial charge < -0.3 is 16.4 Å². The molecule has 0 radical (unpaired) electrons. The molecular formula is C18H23N3O. The Morgan fingerprint density at radius 3 is 2.14 bits per heavy atom. The quantitative estimate of drug-likeness (QED) is 0.761. The monoisotopic (exact) mass is 297 g/mol. The van der Waals surface area contributed by atoms with E-state index < -0.39 is 6.04 Å². The number of para-hydroxylation sites is 1. The van der Waals surface area contributed by atoms with Gasteiger partial charge in [-0.3, -0.25) is 4.79 Å². The van der Waals surface area contributed by atoms with E-state index in [0.29, 0.717) is 0 Å². The lowest BCUT2D eigenvalue weighted by Crippen LogP contribution is -2.40. The first-order chi connectivity index (χ1) is 10.6. The zero-order valence-electron chi connectivity index (χ0n) is 13.0.